The zero-order chi connectivity index (χ0) is 12.5. The average molecular weight is 348 g/mol. The molecular weight excluding hydrogens is 339 g/mol. The highest BCUT2D eigenvalue weighted by molar-refractivity contribution is 14.1. The quantitative estimate of drug-likeness (QED) is 0.621. The first-order valence-corrected chi connectivity index (χ1v) is 6.61. The normalized spacial score (nSPS) is 10.7. The largest absolute Gasteiger partial charge is 0.422 e. The van der Waals surface area contributed by atoms with Gasteiger partial charge in [0, 0.05) is 9.13 Å². The van der Waals surface area contributed by atoms with Gasteiger partial charge in [0.1, 0.15) is 5.76 Å². The van der Waals surface area contributed by atoms with Gasteiger partial charge in [-0.25, -0.2) is 4.79 Å². The summed E-state index contributed by atoms with van der Waals surface area (Å²) in [5.41, 5.74) is 0.631. The molecular formula is C15H9IO2. The molecule has 0 amide bonds. The smallest absolute Gasteiger partial charge is 0.344 e. The van der Waals surface area contributed by atoms with E-state index in [9.17, 15) is 4.79 Å². The molecule has 3 rings (SSSR count). The molecule has 0 fully saturated rings. The summed E-state index contributed by atoms with van der Waals surface area (Å²) in [5.74, 6) is 0.609. The highest BCUT2D eigenvalue weighted by Gasteiger charge is 2.06. The van der Waals surface area contributed by atoms with Gasteiger partial charge in [-0.2, -0.15) is 0 Å². The van der Waals surface area contributed by atoms with Crippen molar-refractivity contribution >= 4 is 33.4 Å². The Morgan fingerprint density at radius 3 is 2.61 bits per heavy atom. The molecule has 0 spiro atoms. The van der Waals surface area contributed by atoms with Crippen molar-refractivity contribution in [2.45, 2.75) is 0 Å². The number of fused-ring (bicyclic) bond motifs is 1. The molecule has 0 saturated heterocycles. The Morgan fingerprint density at radius 1 is 0.944 bits per heavy atom. The molecule has 1 heterocycles. The van der Waals surface area contributed by atoms with Crippen LogP contribution in [-0.2, 0) is 0 Å². The molecule has 0 aliphatic rings. The molecule has 88 valence electrons. The average Bonchev–Trinajstić information content (AvgIpc) is 2.39. The Bertz CT molecular complexity index is 775. The molecule has 18 heavy (non-hydrogen) atoms. The maximum atomic E-state index is 11.9. The van der Waals surface area contributed by atoms with Gasteiger partial charge in [0.15, 0.2) is 0 Å². The molecule has 0 aliphatic carbocycles. The molecule has 3 aromatic rings. The van der Waals surface area contributed by atoms with E-state index in [0.717, 1.165) is 14.5 Å². The Balaban J connectivity index is 2.28. The summed E-state index contributed by atoms with van der Waals surface area (Å²) < 4.78 is 6.48. The van der Waals surface area contributed by atoms with Crippen LogP contribution in [-0.4, -0.2) is 0 Å². The van der Waals surface area contributed by atoms with Crippen molar-refractivity contribution in [3.05, 3.63) is 68.6 Å². The highest BCUT2D eigenvalue weighted by Crippen LogP contribution is 2.23. The summed E-state index contributed by atoms with van der Waals surface area (Å²) in [5, 5.41) is 1.52. The van der Waals surface area contributed by atoms with Crippen LogP contribution in [0.2, 0.25) is 0 Å². The lowest BCUT2D eigenvalue weighted by Gasteiger charge is -2.02. The zero-order valence-electron chi connectivity index (χ0n) is 9.39. The van der Waals surface area contributed by atoms with Crippen molar-refractivity contribution in [1.29, 1.82) is 0 Å². The fraction of sp³-hybridized carbons (Fsp3) is 0. The number of hydrogen-bond acceptors (Lipinski definition) is 2. The number of rotatable bonds is 1. The van der Waals surface area contributed by atoms with Crippen LogP contribution in [0.4, 0.5) is 0 Å². The van der Waals surface area contributed by atoms with Crippen LogP contribution in [0.15, 0.2) is 63.8 Å². The molecule has 3 heteroatoms. The van der Waals surface area contributed by atoms with Gasteiger partial charge in [0.05, 0.1) is 5.39 Å². The summed E-state index contributed by atoms with van der Waals surface area (Å²) in [7, 11) is 0. The van der Waals surface area contributed by atoms with E-state index in [-0.39, 0.29) is 5.63 Å². The molecule has 1 aromatic heterocycles. The van der Waals surface area contributed by atoms with E-state index in [0.29, 0.717) is 11.1 Å². The fourth-order valence-electron chi connectivity index (χ4n) is 1.92. The van der Waals surface area contributed by atoms with Crippen LogP contribution in [0.3, 0.4) is 0 Å². The number of halogens is 1. The van der Waals surface area contributed by atoms with Crippen LogP contribution in [0, 0.1) is 3.57 Å². The lowest BCUT2D eigenvalue weighted by molar-refractivity contribution is 0.534. The van der Waals surface area contributed by atoms with Crippen molar-refractivity contribution in [2.75, 3.05) is 0 Å². The van der Waals surface area contributed by atoms with Gasteiger partial charge in [0.2, 0.25) is 0 Å². The van der Waals surface area contributed by atoms with E-state index >= 15 is 0 Å². The van der Waals surface area contributed by atoms with Gasteiger partial charge >= 0.3 is 5.63 Å². The fourth-order valence-corrected chi connectivity index (χ4v) is 2.46. The third kappa shape index (κ3) is 2.06. The predicted molar refractivity (Wildman–Crippen MR) is 80.6 cm³/mol. The van der Waals surface area contributed by atoms with Crippen molar-refractivity contribution in [1.82, 2.24) is 0 Å². The van der Waals surface area contributed by atoms with E-state index in [2.05, 4.69) is 22.6 Å². The minimum absolute atomic E-state index is 0.290. The Hall–Kier alpha value is -1.62. The Morgan fingerprint density at radius 2 is 1.78 bits per heavy atom. The van der Waals surface area contributed by atoms with Crippen LogP contribution in [0.1, 0.15) is 0 Å². The number of benzene rings is 2. The molecule has 0 atom stereocenters. The van der Waals surface area contributed by atoms with Crippen LogP contribution in [0.25, 0.3) is 22.1 Å². The van der Waals surface area contributed by atoms with Gasteiger partial charge in [-0.15, -0.1) is 0 Å². The lowest BCUT2D eigenvalue weighted by Crippen LogP contribution is -1.99. The van der Waals surface area contributed by atoms with Gasteiger partial charge in [-0.05, 0) is 52.2 Å². The summed E-state index contributed by atoms with van der Waals surface area (Å²) in [6.07, 6.45) is 0. The zero-order valence-corrected chi connectivity index (χ0v) is 11.5. The van der Waals surface area contributed by atoms with E-state index in [1.165, 1.54) is 0 Å². The predicted octanol–water partition coefficient (Wildman–Crippen LogP) is 4.06. The highest BCUT2D eigenvalue weighted by atomic mass is 127. The molecule has 0 aliphatic heterocycles. The summed E-state index contributed by atoms with van der Waals surface area (Å²) in [4.78, 5) is 11.9. The lowest BCUT2D eigenvalue weighted by atomic mass is 10.1. The van der Waals surface area contributed by atoms with Crippen molar-refractivity contribution in [2.24, 2.45) is 0 Å². The van der Waals surface area contributed by atoms with Crippen LogP contribution in [0.5, 0.6) is 0 Å². The van der Waals surface area contributed by atoms with Crippen LogP contribution < -0.4 is 5.63 Å². The maximum absolute atomic E-state index is 11.9. The van der Waals surface area contributed by atoms with Crippen molar-refractivity contribution in [3.63, 3.8) is 0 Å². The van der Waals surface area contributed by atoms with E-state index in [4.69, 9.17) is 4.42 Å². The second kappa shape index (κ2) is 4.57. The second-order valence-corrected chi connectivity index (χ2v) is 5.24. The van der Waals surface area contributed by atoms with E-state index in [1.54, 1.807) is 6.07 Å². The SMILES string of the molecule is O=c1oc(-c2cccc(I)c2)cc2ccccc12. The second-order valence-electron chi connectivity index (χ2n) is 4.00. The van der Waals surface area contributed by atoms with Gasteiger partial charge < -0.3 is 4.42 Å². The van der Waals surface area contributed by atoms with Crippen LogP contribution >= 0.6 is 22.6 Å². The topological polar surface area (TPSA) is 30.2 Å². The molecule has 0 bridgehead atoms. The molecule has 0 unspecified atom stereocenters. The van der Waals surface area contributed by atoms with Gasteiger partial charge in [0.25, 0.3) is 0 Å². The monoisotopic (exact) mass is 348 g/mol. The van der Waals surface area contributed by atoms with E-state index < -0.39 is 0 Å². The number of hydrogen-bond donors (Lipinski definition) is 0. The summed E-state index contributed by atoms with van der Waals surface area (Å²) >= 11 is 2.24. The first-order chi connectivity index (χ1) is 8.74. The third-order valence-corrected chi connectivity index (χ3v) is 3.45. The molecule has 0 N–H and O–H groups in total. The van der Waals surface area contributed by atoms with Crippen molar-refractivity contribution < 1.29 is 4.42 Å². The van der Waals surface area contributed by atoms with Gasteiger partial charge in [-0.1, -0.05) is 30.3 Å². The third-order valence-electron chi connectivity index (χ3n) is 2.78. The molecule has 2 aromatic carbocycles. The Kier molecular flexibility index (Phi) is 2.91. The minimum Gasteiger partial charge on any atom is -0.422 e. The first kappa shape index (κ1) is 11.5. The van der Waals surface area contributed by atoms with Crippen molar-refractivity contribution in [3.8, 4) is 11.3 Å². The summed E-state index contributed by atoms with van der Waals surface area (Å²) in [6, 6.07) is 17.2. The van der Waals surface area contributed by atoms with Gasteiger partial charge in [-0.3, -0.25) is 0 Å². The first-order valence-electron chi connectivity index (χ1n) is 5.53. The summed E-state index contributed by atoms with van der Waals surface area (Å²) in [6.45, 7) is 0. The standard InChI is InChI=1S/C15H9IO2/c16-12-6-3-5-11(8-12)14-9-10-4-1-2-7-13(10)15(17)18-14/h1-9H. The molecule has 0 radical (unpaired) electrons. The molecule has 0 saturated carbocycles. The minimum atomic E-state index is -0.290. The molecule has 2 nitrogen and oxygen atoms in total. The maximum Gasteiger partial charge on any atom is 0.344 e. The Labute approximate surface area is 117 Å². The van der Waals surface area contributed by atoms with E-state index in [1.807, 2.05) is 48.5 Å².